The van der Waals surface area contributed by atoms with Gasteiger partial charge in [-0.15, -0.1) is 0 Å². The van der Waals surface area contributed by atoms with E-state index < -0.39 is 27.8 Å². The third-order valence-electron chi connectivity index (χ3n) is 3.45. The zero-order valence-electron chi connectivity index (χ0n) is 12.8. The molecule has 0 aliphatic carbocycles. The Morgan fingerprint density at radius 2 is 1.58 bits per heavy atom. The average Bonchev–Trinajstić information content (AvgIpc) is 2.52. The molecule has 0 aromatic heterocycles. The van der Waals surface area contributed by atoms with Gasteiger partial charge < -0.3 is 0 Å². The highest BCUT2D eigenvalue weighted by Crippen LogP contribution is 2.35. The van der Waals surface area contributed by atoms with Crippen LogP contribution in [0.4, 0.5) is 13.2 Å². The van der Waals surface area contributed by atoms with Crippen molar-refractivity contribution < 1.29 is 21.6 Å². The number of rotatable bonds is 5. The Morgan fingerprint density at radius 1 is 1.04 bits per heavy atom. The monoisotopic (exact) mass is 355 g/mol. The normalized spacial score (nSPS) is 13.5. The van der Waals surface area contributed by atoms with Crippen LogP contribution < -0.4 is 4.72 Å². The summed E-state index contributed by atoms with van der Waals surface area (Å²) >= 11 is 0. The van der Waals surface area contributed by atoms with Gasteiger partial charge in [-0.25, -0.2) is 8.42 Å². The topological polar surface area (TPSA) is 46.2 Å². The molecule has 128 valence electrons. The van der Waals surface area contributed by atoms with E-state index in [-0.39, 0.29) is 10.5 Å². The van der Waals surface area contributed by atoms with Crippen molar-refractivity contribution in [2.75, 3.05) is 0 Å². The Balaban J connectivity index is 2.42. The van der Waals surface area contributed by atoms with Crippen molar-refractivity contribution in [1.82, 2.24) is 4.72 Å². The minimum absolute atomic E-state index is 0.107. The molecule has 0 radical (unpaired) electrons. The molecule has 2 aromatic carbocycles. The van der Waals surface area contributed by atoms with Gasteiger partial charge in [-0.05, 0) is 24.6 Å². The molecule has 0 aliphatic rings. The van der Waals surface area contributed by atoms with Crippen LogP contribution in [0, 0.1) is 6.92 Å². The van der Waals surface area contributed by atoms with Crippen LogP contribution in [0.1, 0.15) is 17.2 Å². The quantitative estimate of drug-likeness (QED) is 0.820. The lowest BCUT2D eigenvalue weighted by Crippen LogP contribution is -2.33. The van der Waals surface area contributed by atoms with E-state index in [1.165, 1.54) is 36.4 Å². The summed E-state index contributed by atoms with van der Waals surface area (Å²) < 4.78 is 66.2. The Kier molecular flexibility index (Phi) is 5.15. The van der Waals surface area contributed by atoms with Crippen LogP contribution in [-0.4, -0.2) is 14.6 Å². The molecular formula is C17H16F3NO2S. The van der Waals surface area contributed by atoms with E-state index in [1.54, 1.807) is 25.1 Å². The fraction of sp³-hybridized carbons (Fsp3) is 0.176. The molecule has 24 heavy (non-hydrogen) atoms. The molecule has 2 aromatic rings. The molecule has 0 amide bonds. The lowest BCUT2D eigenvalue weighted by atomic mass is 10.0. The number of benzene rings is 2. The molecule has 0 aliphatic heterocycles. The van der Waals surface area contributed by atoms with Crippen LogP contribution in [0.5, 0.6) is 0 Å². The maximum atomic E-state index is 13.1. The molecule has 0 bridgehead atoms. The third-order valence-corrected chi connectivity index (χ3v) is 4.89. The first-order valence-electron chi connectivity index (χ1n) is 7.01. The molecule has 0 saturated carbocycles. The molecule has 1 N–H and O–H groups in total. The molecule has 0 saturated heterocycles. The molecule has 0 heterocycles. The fourth-order valence-electron chi connectivity index (χ4n) is 2.09. The van der Waals surface area contributed by atoms with E-state index >= 15 is 0 Å². The first-order chi connectivity index (χ1) is 11.1. The Bertz CT molecular complexity index is 813. The predicted molar refractivity (Wildman–Crippen MR) is 85.9 cm³/mol. The van der Waals surface area contributed by atoms with Crippen LogP contribution in [0.15, 0.2) is 71.6 Å². The highest BCUT2D eigenvalue weighted by atomic mass is 32.2. The van der Waals surface area contributed by atoms with Gasteiger partial charge in [-0.3, -0.25) is 0 Å². The van der Waals surface area contributed by atoms with Crippen molar-refractivity contribution in [1.29, 1.82) is 0 Å². The molecule has 3 nitrogen and oxygen atoms in total. The summed E-state index contributed by atoms with van der Waals surface area (Å²) in [6, 6.07) is 11.8. The van der Waals surface area contributed by atoms with Crippen molar-refractivity contribution in [2.45, 2.75) is 24.0 Å². The summed E-state index contributed by atoms with van der Waals surface area (Å²) in [6.07, 6.45) is -4.73. The van der Waals surface area contributed by atoms with Gasteiger partial charge >= 0.3 is 6.18 Å². The predicted octanol–water partition coefficient (Wildman–Crippen LogP) is 4.13. The Hall–Kier alpha value is -2.12. The standard InChI is InChI=1S/C17H16F3NO2S/c1-12-8-10-15(11-9-12)24(22,23)21-16(13(2)17(18,19)20)14-6-4-3-5-7-14/h3-11,16,21H,2H2,1H3. The summed E-state index contributed by atoms with van der Waals surface area (Å²) in [5, 5.41) is 0. The number of aryl methyl sites for hydroxylation is 1. The number of alkyl halides is 3. The van der Waals surface area contributed by atoms with Crippen LogP contribution in [-0.2, 0) is 10.0 Å². The van der Waals surface area contributed by atoms with Gasteiger partial charge in [0.2, 0.25) is 10.0 Å². The van der Waals surface area contributed by atoms with E-state index in [2.05, 4.69) is 11.3 Å². The average molecular weight is 355 g/mol. The summed E-state index contributed by atoms with van der Waals surface area (Å²) in [7, 11) is -4.14. The number of halogens is 3. The van der Waals surface area contributed by atoms with E-state index in [9.17, 15) is 21.6 Å². The van der Waals surface area contributed by atoms with Gasteiger partial charge in [0.15, 0.2) is 0 Å². The van der Waals surface area contributed by atoms with Crippen molar-refractivity contribution in [3.05, 3.63) is 77.9 Å². The van der Waals surface area contributed by atoms with Gasteiger partial charge in [0.1, 0.15) is 0 Å². The van der Waals surface area contributed by atoms with Gasteiger partial charge in [-0.2, -0.15) is 17.9 Å². The second-order valence-electron chi connectivity index (χ2n) is 5.30. The van der Waals surface area contributed by atoms with Gasteiger partial charge in [0.25, 0.3) is 0 Å². The van der Waals surface area contributed by atoms with E-state index in [0.717, 1.165) is 5.56 Å². The van der Waals surface area contributed by atoms with Gasteiger partial charge in [0.05, 0.1) is 10.9 Å². The van der Waals surface area contributed by atoms with E-state index in [1.807, 2.05) is 0 Å². The second kappa shape index (κ2) is 6.78. The number of hydrogen-bond acceptors (Lipinski definition) is 2. The van der Waals surface area contributed by atoms with Crippen molar-refractivity contribution in [2.24, 2.45) is 0 Å². The summed E-state index contributed by atoms with van der Waals surface area (Å²) in [5.74, 6) is 0. The smallest absolute Gasteiger partial charge is 0.207 e. The minimum Gasteiger partial charge on any atom is -0.207 e. The van der Waals surface area contributed by atoms with Gasteiger partial charge in [0, 0.05) is 5.57 Å². The zero-order valence-corrected chi connectivity index (χ0v) is 13.7. The lowest BCUT2D eigenvalue weighted by Gasteiger charge is -2.23. The highest BCUT2D eigenvalue weighted by Gasteiger charge is 2.39. The molecule has 2 rings (SSSR count). The molecule has 0 fully saturated rings. The number of nitrogens with one attached hydrogen (secondary N) is 1. The SMILES string of the molecule is C=C(C(NS(=O)(=O)c1ccc(C)cc1)c1ccccc1)C(F)(F)F. The summed E-state index contributed by atoms with van der Waals surface area (Å²) in [5.41, 5.74) is -0.173. The first-order valence-corrected chi connectivity index (χ1v) is 8.49. The molecule has 1 atom stereocenters. The molecule has 1 unspecified atom stereocenters. The highest BCUT2D eigenvalue weighted by molar-refractivity contribution is 7.89. The Morgan fingerprint density at radius 3 is 2.08 bits per heavy atom. The van der Waals surface area contributed by atoms with Crippen LogP contribution >= 0.6 is 0 Å². The lowest BCUT2D eigenvalue weighted by molar-refractivity contribution is -0.0957. The van der Waals surface area contributed by atoms with E-state index in [4.69, 9.17) is 0 Å². The number of sulfonamides is 1. The van der Waals surface area contributed by atoms with Crippen molar-refractivity contribution >= 4 is 10.0 Å². The Labute approximate surface area is 138 Å². The third kappa shape index (κ3) is 4.24. The first kappa shape index (κ1) is 18.2. The van der Waals surface area contributed by atoms with Crippen molar-refractivity contribution in [3.63, 3.8) is 0 Å². The van der Waals surface area contributed by atoms with E-state index in [0.29, 0.717) is 0 Å². The fourth-order valence-corrected chi connectivity index (χ4v) is 3.31. The zero-order chi connectivity index (χ0) is 18.0. The minimum atomic E-state index is -4.73. The van der Waals surface area contributed by atoms with Crippen LogP contribution in [0.2, 0.25) is 0 Å². The largest absolute Gasteiger partial charge is 0.413 e. The van der Waals surface area contributed by atoms with Crippen molar-refractivity contribution in [3.8, 4) is 0 Å². The van der Waals surface area contributed by atoms with Crippen LogP contribution in [0.3, 0.4) is 0 Å². The molecule has 7 heteroatoms. The number of hydrogen-bond donors (Lipinski definition) is 1. The molecule has 0 spiro atoms. The summed E-state index contributed by atoms with van der Waals surface area (Å²) in [4.78, 5) is -0.107. The molecular weight excluding hydrogens is 339 g/mol. The maximum Gasteiger partial charge on any atom is 0.413 e. The second-order valence-corrected chi connectivity index (χ2v) is 7.02. The summed E-state index contributed by atoms with van der Waals surface area (Å²) in [6.45, 7) is 4.82. The van der Waals surface area contributed by atoms with Gasteiger partial charge in [-0.1, -0.05) is 54.6 Å². The maximum absolute atomic E-state index is 13.1. The van der Waals surface area contributed by atoms with Crippen LogP contribution in [0.25, 0.3) is 0 Å².